The Labute approximate surface area is 161 Å². The van der Waals surface area contributed by atoms with Crippen LogP contribution in [0.1, 0.15) is 12.8 Å². The number of methoxy groups -OCH3 is 4. The second-order valence-corrected chi connectivity index (χ2v) is 6.21. The Balaban J connectivity index is 0.00000338. The van der Waals surface area contributed by atoms with Gasteiger partial charge in [0.05, 0.1) is 39.0 Å². The van der Waals surface area contributed by atoms with E-state index in [4.69, 9.17) is 18.9 Å². The second-order valence-electron chi connectivity index (χ2n) is 6.21. The van der Waals surface area contributed by atoms with Crippen LogP contribution in [-0.4, -0.2) is 61.1 Å². The highest BCUT2D eigenvalue weighted by Crippen LogP contribution is 2.42. The lowest BCUT2D eigenvalue weighted by Crippen LogP contribution is -2.50. The summed E-state index contributed by atoms with van der Waals surface area (Å²) in [7, 11) is 8.07. The topological polar surface area (TPSA) is 69.3 Å². The Morgan fingerprint density at radius 1 is 1.08 bits per heavy atom. The van der Waals surface area contributed by atoms with Gasteiger partial charge in [0.25, 0.3) is 0 Å². The summed E-state index contributed by atoms with van der Waals surface area (Å²) in [5, 5.41) is 3.30. The second kappa shape index (κ2) is 9.85. The highest BCUT2D eigenvalue weighted by molar-refractivity contribution is 5.98. The van der Waals surface area contributed by atoms with E-state index in [1.54, 1.807) is 52.5 Å². The summed E-state index contributed by atoms with van der Waals surface area (Å²) < 4.78 is 21.5. The van der Waals surface area contributed by atoms with Crippen molar-refractivity contribution >= 4 is 24.0 Å². The minimum absolute atomic E-state index is 0. The molecule has 0 bridgehead atoms. The summed E-state index contributed by atoms with van der Waals surface area (Å²) in [6, 6.07) is 3.56. The first-order valence-electron chi connectivity index (χ1n) is 8.31. The van der Waals surface area contributed by atoms with Crippen molar-refractivity contribution in [1.82, 2.24) is 5.32 Å². The van der Waals surface area contributed by atoms with E-state index in [9.17, 15) is 4.79 Å². The van der Waals surface area contributed by atoms with Crippen LogP contribution >= 0.6 is 12.4 Å². The Kier molecular flexibility index (Phi) is 8.46. The fourth-order valence-corrected chi connectivity index (χ4v) is 3.34. The molecule has 1 saturated heterocycles. The molecule has 26 heavy (non-hydrogen) atoms. The fraction of sp³-hybridized carbons (Fsp3) is 0.611. The number of carbonyl (C=O) groups excluding carboxylic acids is 1. The number of nitrogens with zero attached hydrogens (tertiary/aromatic N) is 1. The predicted octanol–water partition coefficient (Wildman–Crippen LogP) is 2.11. The first-order valence-corrected chi connectivity index (χ1v) is 8.31. The summed E-state index contributed by atoms with van der Waals surface area (Å²) in [6.07, 6.45) is 1.49. The van der Waals surface area contributed by atoms with Gasteiger partial charge in [0, 0.05) is 26.3 Å². The van der Waals surface area contributed by atoms with Crippen LogP contribution in [0.3, 0.4) is 0 Å². The van der Waals surface area contributed by atoms with Gasteiger partial charge in [0.2, 0.25) is 11.7 Å². The molecule has 0 unspecified atom stereocenters. The van der Waals surface area contributed by atoms with Gasteiger partial charge in [0.1, 0.15) is 0 Å². The first-order chi connectivity index (χ1) is 12.0. The van der Waals surface area contributed by atoms with Crippen molar-refractivity contribution in [1.29, 1.82) is 0 Å². The van der Waals surface area contributed by atoms with Crippen LogP contribution in [0.4, 0.5) is 5.69 Å². The van der Waals surface area contributed by atoms with Crippen LogP contribution in [-0.2, 0) is 9.53 Å². The number of carbonyl (C=O) groups is 1. The Morgan fingerprint density at radius 3 is 2.04 bits per heavy atom. The Hall–Kier alpha value is -1.70. The Bertz CT molecular complexity index is 575. The van der Waals surface area contributed by atoms with E-state index in [1.807, 2.05) is 0 Å². The van der Waals surface area contributed by atoms with Crippen LogP contribution in [0.25, 0.3) is 0 Å². The molecule has 8 heteroatoms. The van der Waals surface area contributed by atoms with Crippen molar-refractivity contribution in [3.63, 3.8) is 0 Å². The molecule has 1 heterocycles. The quantitative estimate of drug-likeness (QED) is 0.771. The third-order valence-electron chi connectivity index (χ3n) is 4.78. The molecule has 0 saturated carbocycles. The predicted molar refractivity (Wildman–Crippen MR) is 103 cm³/mol. The third kappa shape index (κ3) is 4.34. The zero-order valence-electron chi connectivity index (χ0n) is 16.1. The van der Waals surface area contributed by atoms with Crippen molar-refractivity contribution in [3.8, 4) is 17.2 Å². The molecule has 0 spiro atoms. The average Bonchev–Trinajstić information content (AvgIpc) is 2.66. The SMILES string of the molecule is COCC1(C(=O)N(C)c2cc(OC)c(OC)c(OC)c2)CCNCC1.Cl. The summed E-state index contributed by atoms with van der Waals surface area (Å²) in [4.78, 5) is 14.9. The number of hydrogen-bond donors (Lipinski definition) is 1. The van der Waals surface area contributed by atoms with Crippen LogP contribution in [0, 0.1) is 5.41 Å². The van der Waals surface area contributed by atoms with Gasteiger partial charge in [-0.2, -0.15) is 0 Å². The van der Waals surface area contributed by atoms with E-state index in [-0.39, 0.29) is 18.3 Å². The van der Waals surface area contributed by atoms with Crippen LogP contribution < -0.4 is 24.4 Å². The number of amides is 1. The normalized spacial score (nSPS) is 15.6. The zero-order valence-corrected chi connectivity index (χ0v) is 16.9. The lowest BCUT2D eigenvalue weighted by Gasteiger charge is -2.38. The number of halogens is 1. The average molecular weight is 389 g/mol. The molecule has 1 amide bonds. The number of benzene rings is 1. The van der Waals surface area contributed by atoms with Crippen molar-refractivity contribution < 1.29 is 23.7 Å². The van der Waals surface area contributed by atoms with Gasteiger partial charge in [-0.15, -0.1) is 12.4 Å². The number of nitrogens with one attached hydrogen (secondary N) is 1. The molecule has 1 aliphatic heterocycles. The monoisotopic (exact) mass is 388 g/mol. The van der Waals surface area contributed by atoms with Gasteiger partial charge >= 0.3 is 0 Å². The van der Waals surface area contributed by atoms with Gasteiger partial charge in [-0.1, -0.05) is 0 Å². The maximum atomic E-state index is 13.3. The lowest BCUT2D eigenvalue weighted by molar-refractivity contribution is -0.133. The Morgan fingerprint density at radius 2 is 1.62 bits per heavy atom. The molecule has 7 nitrogen and oxygen atoms in total. The molecule has 0 aromatic heterocycles. The third-order valence-corrected chi connectivity index (χ3v) is 4.78. The maximum absolute atomic E-state index is 13.3. The summed E-state index contributed by atoms with van der Waals surface area (Å²) in [5.74, 6) is 1.57. The standard InChI is InChI=1S/C18H28N2O5.ClH/c1-20(17(21)18(12-22-2)6-8-19-9-7-18)13-10-14(23-3)16(25-5)15(11-13)24-4;/h10-11,19H,6-9,12H2,1-5H3;1H. The van der Waals surface area contributed by atoms with Crippen molar-refractivity contribution in [3.05, 3.63) is 12.1 Å². The highest BCUT2D eigenvalue weighted by atomic mass is 35.5. The van der Waals surface area contributed by atoms with Crippen molar-refractivity contribution in [2.75, 3.05) is 60.1 Å². The number of anilines is 1. The molecule has 1 aliphatic rings. The minimum Gasteiger partial charge on any atom is -0.493 e. The molecule has 0 radical (unpaired) electrons. The van der Waals surface area contributed by atoms with Crippen LogP contribution in [0.2, 0.25) is 0 Å². The van der Waals surface area contributed by atoms with Gasteiger partial charge in [-0.25, -0.2) is 0 Å². The molecular formula is C18H29ClN2O5. The molecule has 1 aromatic carbocycles. The number of piperidine rings is 1. The van der Waals surface area contributed by atoms with E-state index >= 15 is 0 Å². The number of ether oxygens (including phenoxy) is 4. The fourth-order valence-electron chi connectivity index (χ4n) is 3.34. The van der Waals surface area contributed by atoms with Gasteiger partial charge in [0.15, 0.2) is 11.5 Å². The molecule has 0 aliphatic carbocycles. The highest BCUT2D eigenvalue weighted by Gasteiger charge is 2.42. The summed E-state index contributed by atoms with van der Waals surface area (Å²) in [6.45, 7) is 2.01. The largest absolute Gasteiger partial charge is 0.493 e. The molecule has 2 rings (SSSR count). The van der Waals surface area contributed by atoms with E-state index in [1.165, 1.54) is 0 Å². The van der Waals surface area contributed by atoms with E-state index in [2.05, 4.69) is 5.32 Å². The number of rotatable bonds is 7. The molecule has 1 N–H and O–H groups in total. The molecule has 0 atom stereocenters. The minimum atomic E-state index is -0.519. The zero-order chi connectivity index (χ0) is 18.4. The number of hydrogen-bond acceptors (Lipinski definition) is 6. The molecule has 1 aromatic rings. The molecular weight excluding hydrogens is 360 g/mol. The van der Waals surface area contributed by atoms with Crippen LogP contribution in [0.15, 0.2) is 12.1 Å². The van der Waals surface area contributed by atoms with Crippen LogP contribution in [0.5, 0.6) is 17.2 Å². The smallest absolute Gasteiger partial charge is 0.235 e. The van der Waals surface area contributed by atoms with Crippen molar-refractivity contribution in [2.24, 2.45) is 5.41 Å². The van der Waals surface area contributed by atoms with E-state index < -0.39 is 5.41 Å². The van der Waals surface area contributed by atoms with Crippen molar-refractivity contribution in [2.45, 2.75) is 12.8 Å². The van der Waals surface area contributed by atoms with Gasteiger partial charge in [-0.3, -0.25) is 4.79 Å². The lowest BCUT2D eigenvalue weighted by atomic mass is 9.78. The summed E-state index contributed by atoms with van der Waals surface area (Å²) >= 11 is 0. The van der Waals surface area contributed by atoms with Gasteiger partial charge < -0.3 is 29.2 Å². The van der Waals surface area contributed by atoms with E-state index in [0.29, 0.717) is 29.5 Å². The molecule has 148 valence electrons. The molecule has 1 fully saturated rings. The first kappa shape index (κ1) is 22.3. The van der Waals surface area contributed by atoms with Gasteiger partial charge in [-0.05, 0) is 25.9 Å². The maximum Gasteiger partial charge on any atom is 0.235 e. The van der Waals surface area contributed by atoms with E-state index in [0.717, 1.165) is 25.9 Å². The summed E-state index contributed by atoms with van der Waals surface area (Å²) in [5.41, 5.74) is 0.170.